The summed E-state index contributed by atoms with van der Waals surface area (Å²) in [7, 11) is 0. The van der Waals surface area contributed by atoms with Crippen molar-refractivity contribution in [2.75, 3.05) is 11.9 Å². The fraction of sp³-hybridized carbons (Fsp3) is 0.182. The van der Waals surface area contributed by atoms with Crippen molar-refractivity contribution >= 4 is 34.7 Å². The summed E-state index contributed by atoms with van der Waals surface area (Å²) in [5, 5.41) is 4.38. The first-order chi connectivity index (χ1) is 9.77. The van der Waals surface area contributed by atoms with Crippen LogP contribution in [-0.4, -0.2) is 29.6 Å². The molecule has 4 N–H and O–H groups in total. The standard InChI is InChI=1S/C11H9F2N3O4S/c12-11(13)19-6-2-1-5(3-7(6)20-11)16-10(18)9(17)15-4-8(14)21/h1-3H,4H2,(H2,14,21)(H,15,17)(H,16,18). The van der Waals surface area contributed by atoms with Crippen molar-refractivity contribution < 1.29 is 27.8 Å². The first kappa shape index (κ1) is 14.9. The van der Waals surface area contributed by atoms with E-state index in [4.69, 9.17) is 5.73 Å². The monoisotopic (exact) mass is 317 g/mol. The van der Waals surface area contributed by atoms with Gasteiger partial charge in [-0.05, 0) is 12.1 Å². The van der Waals surface area contributed by atoms with Crippen LogP contribution in [0.1, 0.15) is 0 Å². The molecule has 0 unspecified atom stereocenters. The first-order valence-electron chi connectivity index (χ1n) is 5.54. The molecule has 1 aliphatic rings. The molecule has 21 heavy (non-hydrogen) atoms. The molecular formula is C11H9F2N3O4S. The van der Waals surface area contributed by atoms with Gasteiger partial charge in [0.05, 0.1) is 11.5 Å². The number of alkyl halides is 2. The lowest BCUT2D eigenvalue weighted by atomic mass is 10.2. The summed E-state index contributed by atoms with van der Waals surface area (Å²) in [6, 6.07) is 3.57. The van der Waals surface area contributed by atoms with Gasteiger partial charge in [-0.15, -0.1) is 8.78 Å². The number of anilines is 1. The Kier molecular flexibility index (Phi) is 3.89. The number of nitrogens with one attached hydrogen (secondary N) is 2. The van der Waals surface area contributed by atoms with Crippen molar-refractivity contribution in [1.29, 1.82) is 0 Å². The lowest BCUT2D eigenvalue weighted by molar-refractivity contribution is -0.286. The minimum Gasteiger partial charge on any atom is -0.395 e. The lowest BCUT2D eigenvalue weighted by Gasteiger charge is -2.06. The molecular weight excluding hydrogens is 308 g/mol. The Balaban J connectivity index is 2.00. The Bertz CT molecular complexity index is 623. The third-order valence-corrected chi connectivity index (χ3v) is 2.43. The third kappa shape index (κ3) is 3.75. The molecule has 0 radical (unpaired) electrons. The minimum absolute atomic E-state index is 0.0152. The summed E-state index contributed by atoms with van der Waals surface area (Å²) in [6.07, 6.45) is -3.75. The third-order valence-electron chi connectivity index (χ3n) is 2.29. The summed E-state index contributed by atoms with van der Waals surface area (Å²) in [4.78, 5) is 22.9. The highest BCUT2D eigenvalue weighted by Gasteiger charge is 2.43. The van der Waals surface area contributed by atoms with Crippen LogP contribution in [0.5, 0.6) is 11.5 Å². The molecule has 1 aromatic rings. The molecule has 0 saturated carbocycles. The Hall–Kier alpha value is -2.49. The predicted octanol–water partition coefficient (Wildman–Crippen LogP) is 0.349. The number of fused-ring (bicyclic) bond motifs is 1. The van der Waals surface area contributed by atoms with Crippen LogP contribution in [0.2, 0.25) is 0 Å². The fourth-order valence-corrected chi connectivity index (χ4v) is 1.53. The topological polar surface area (TPSA) is 103 Å². The van der Waals surface area contributed by atoms with Crippen LogP contribution in [0.4, 0.5) is 14.5 Å². The summed E-state index contributed by atoms with van der Waals surface area (Å²) >= 11 is 4.54. The van der Waals surface area contributed by atoms with Gasteiger partial charge in [0.25, 0.3) is 0 Å². The Labute approximate surface area is 122 Å². The van der Waals surface area contributed by atoms with E-state index in [9.17, 15) is 18.4 Å². The molecule has 0 saturated heterocycles. The Morgan fingerprint density at radius 2 is 1.90 bits per heavy atom. The molecule has 1 heterocycles. The average molecular weight is 317 g/mol. The molecule has 0 aromatic heterocycles. The zero-order valence-corrected chi connectivity index (χ0v) is 11.1. The number of nitrogens with two attached hydrogens (primary N) is 1. The zero-order valence-electron chi connectivity index (χ0n) is 10.3. The van der Waals surface area contributed by atoms with E-state index in [1.807, 2.05) is 0 Å². The molecule has 112 valence electrons. The number of amides is 2. The number of benzene rings is 1. The van der Waals surface area contributed by atoms with Gasteiger partial charge in [-0.25, -0.2) is 0 Å². The van der Waals surface area contributed by atoms with Crippen molar-refractivity contribution in [3.8, 4) is 11.5 Å². The molecule has 7 nitrogen and oxygen atoms in total. The van der Waals surface area contributed by atoms with Gasteiger partial charge in [0.2, 0.25) is 0 Å². The van der Waals surface area contributed by atoms with Crippen LogP contribution in [0.15, 0.2) is 18.2 Å². The number of carbonyl (C=O) groups is 2. The summed E-state index contributed by atoms with van der Waals surface area (Å²) < 4.78 is 34.0. The maximum atomic E-state index is 12.8. The molecule has 0 fully saturated rings. The highest BCUT2D eigenvalue weighted by Crippen LogP contribution is 2.42. The van der Waals surface area contributed by atoms with E-state index in [0.29, 0.717) is 0 Å². The largest absolute Gasteiger partial charge is 0.586 e. The SMILES string of the molecule is NC(=S)CNC(=O)C(=O)Nc1ccc2c(c1)OC(F)(F)O2. The molecule has 0 atom stereocenters. The summed E-state index contributed by atoms with van der Waals surface area (Å²) in [5.41, 5.74) is 5.25. The van der Waals surface area contributed by atoms with Gasteiger partial charge in [0.15, 0.2) is 11.5 Å². The highest BCUT2D eigenvalue weighted by atomic mass is 32.1. The van der Waals surface area contributed by atoms with Crippen molar-refractivity contribution in [1.82, 2.24) is 5.32 Å². The Morgan fingerprint density at radius 3 is 2.57 bits per heavy atom. The van der Waals surface area contributed by atoms with Crippen LogP contribution < -0.4 is 25.8 Å². The van der Waals surface area contributed by atoms with Gasteiger partial charge in [0.1, 0.15) is 0 Å². The molecule has 10 heteroatoms. The van der Waals surface area contributed by atoms with Gasteiger partial charge in [0, 0.05) is 11.8 Å². The number of thiocarbonyl (C=S) groups is 1. The van der Waals surface area contributed by atoms with Crippen LogP contribution in [-0.2, 0) is 9.59 Å². The van der Waals surface area contributed by atoms with Gasteiger partial charge in [-0.3, -0.25) is 9.59 Å². The fourth-order valence-electron chi connectivity index (χ4n) is 1.46. The molecule has 0 aliphatic carbocycles. The highest BCUT2D eigenvalue weighted by molar-refractivity contribution is 7.80. The van der Waals surface area contributed by atoms with Crippen LogP contribution >= 0.6 is 12.2 Å². The number of carbonyl (C=O) groups excluding carboxylic acids is 2. The first-order valence-corrected chi connectivity index (χ1v) is 5.95. The molecule has 1 aliphatic heterocycles. The maximum Gasteiger partial charge on any atom is 0.586 e. The zero-order chi connectivity index (χ0) is 15.6. The lowest BCUT2D eigenvalue weighted by Crippen LogP contribution is -2.39. The number of hydrogen-bond acceptors (Lipinski definition) is 5. The second kappa shape index (κ2) is 5.48. The van der Waals surface area contributed by atoms with Crippen molar-refractivity contribution in [2.24, 2.45) is 5.73 Å². The second-order valence-corrected chi connectivity index (χ2v) is 4.46. The second-order valence-electron chi connectivity index (χ2n) is 3.93. The van der Waals surface area contributed by atoms with Crippen LogP contribution in [0.25, 0.3) is 0 Å². The Morgan fingerprint density at radius 1 is 1.24 bits per heavy atom. The van der Waals surface area contributed by atoms with Gasteiger partial charge < -0.3 is 25.8 Å². The summed E-state index contributed by atoms with van der Waals surface area (Å²) in [5.74, 6) is -2.39. The van der Waals surface area contributed by atoms with Crippen LogP contribution in [0.3, 0.4) is 0 Å². The molecule has 2 rings (SSSR count). The van der Waals surface area contributed by atoms with Crippen LogP contribution in [0, 0.1) is 0 Å². The van der Waals surface area contributed by atoms with E-state index in [1.54, 1.807) is 0 Å². The van der Waals surface area contributed by atoms with E-state index in [2.05, 4.69) is 32.3 Å². The molecule has 1 aromatic carbocycles. The average Bonchev–Trinajstić information content (AvgIpc) is 2.68. The van der Waals surface area contributed by atoms with E-state index in [0.717, 1.165) is 6.07 Å². The maximum absolute atomic E-state index is 12.8. The predicted molar refractivity (Wildman–Crippen MR) is 71.1 cm³/mol. The van der Waals surface area contributed by atoms with E-state index in [-0.39, 0.29) is 28.7 Å². The van der Waals surface area contributed by atoms with Gasteiger partial charge >= 0.3 is 18.1 Å². The molecule has 0 bridgehead atoms. The molecule has 2 amide bonds. The molecule has 0 spiro atoms. The van der Waals surface area contributed by atoms with Crippen molar-refractivity contribution in [2.45, 2.75) is 6.29 Å². The van der Waals surface area contributed by atoms with Crippen molar-refractivity contribution in [3.63, 3.8) is 0 Å². The number of halogens is 2. The minimum atomic E-state index is -3.75. The van der Waals surface area contributed by atoms with E-state index in [1.165, 1.54) is 12.1 Å². The van der Waals surface area contributed by atoms with Gasteiger partial charge in [-0.2, -0.15) is 0 Å². The van der Waals surface area contributed by atoms with E-state index < -0.39 is 18.1 Å². The number of hydrogen-bond donors (Lipinski definition) is 3. The smallest absolute Gasteiger partial charge is 0.395 e. The number of rotatable bonds is 3. The summed E-state index contributed by atoms with van der Waals surface area (Å²) in [6.45, 7) is -0.130. The van der Waals surface area contributed by atoms with Crippen molar-refractivity contribution in [3.05, 3.63) is 18.2 Å². The quantitative estimate of drug-likeness (QED) is 0.549. The number of ether oxygens (including phenoxy) is 2. The normalized spacial score (nSPS) is 14.4. The van der Waals surface area contributed by atoms with Gasteiger partial charge in [-0.1, -0.05) is 12.2 Å². The van der Waals surface area contributed by atoms with E-state index >= 15 is 0 Å².